The number of aryl methyl sites for hydroxylation is 1. The van der Waals surface area contributed by atoms with Gasteiger partial charge in [-0.2, -0.15) is 5.10 Å². The molecule has 0 bridgehead atoms. The van der Waals surface area contributed by atoms with Gasteiger partial charge in [-0.3, -0.25) is 14.8 Å². The van der Waals surface area contributed by atoms with Gasteiger partial charge in [0.05, 0.1) is 21.7 Å². The quantitative estimate of drug-likeness (QED) is 0.621. The van der Waals surface area contributed by atoms with Crippen molar-refractivity contribution in [3.05, 3.63) is 22.0 Å². The van der Waals surface area contributed by atoms with Gasteiger partial charge in [0.15, 0.2) is 0 Å². The Morgan fingerprint density at radius 2 is 2.50 bits per heavy atom. The molecule has 1 saturated heterocycles. The van der Waals surface area contributed by atoms with Crippen LogP contribution in [0.5, 0.6) is 0 Å². The molecular weight excluding hydrogens is 296 g/mol. The highest BCUT2D eigenvalue weighted by atomic mass is 16.6. The van der Waals surface area contributed by atoms with E-state index in [1.165, 1.54) is 11.7 Å². The van der Waals surface area contributed by atoms with Gasteiger partial charge in [0, 0.05) is 14.1 Å². The second-order valence-electron chi connectivity index (χ2n) is 4.91. The number of carbonyl (C=O) groups is 1. The summed E-state index contributed by atoms with van der Waals surface area (Å²) < 4.78 is 33.5. The molecule has 0 aromatic carbocycles. The summed E-state index contributed by atoms with van der Waals surface area (Å²) in [4.78, 5) is 21.5. The van der Waals surface area contributed by atoms with Crippen molar-refractivity contribution in [2.75, 3.05) is 13.6 Å². The summed E-state index contributed by atoms with van der Waals surface area (Å²) in [7, 11) is -1.20. The Morgan fingerprint density at radius 1 is 1.73 bits per heavy atom. The van der Waals surface area contributed by atoms with Gasteiger partial charge in [0.2, 0.25) is 0 Å². The van der Waals surface area contributed by atoms with Crippen LogP contribution in [0.2, 0.25) is 0 Å². The fourth-order valence-electron chi connectivity index (χ4n) is 2.53. The fraction of sp³-hybridized carbons (Fsp3) is 0.667. The number of rotatable bonds is 4. The molecule has 1 aliphatic rings. The topological polar surface area (TPSA) is 129 Å². The monoisotopic (exact) mass is 317 g/mol. The Bertz CT molecular complexity index is 649. The van der Waals surface area contributed by atoms with E-state index < -0.39 is 36.3 Å². The third-order valence-electron chi connectivity index (χ3n) is 3.58. The van der Waals surface area contributed by atoms with Crippen molar-refractivity contribution in [3.63, 3.8) is 0 Å². The van der Waals surface area contributed by atoms with Crippen molar-refractivity contribution in [2.45, 2.75) is 31.1 Å². The molecule has 22 heavy (non-hydrogen) atoms. The predicted molar refractivity (Wildman–Crippen MR) is 73.5 cm³/mol. The minimum Gasteiger partial charge on any atom is -0.465 e. The summed E-state index contributed by atoms with van der Waals surface area (Å²) in [5.41, 5.74) is 0.0130. The second kappa shape index (κ2) is 6.71. The first-order chi connectivity index (χ1) is 11.6. The van der Waals surface area contributed by atoms with E-state index in [1.54, 1.807) is 0 Å². The second-order valence-corrected chi connectivity index (χ2v) is 4.91. The van der Waals surface area contributed by atoms with Gasteiger partial charge < -0.3 is 19.9 Å². The van der Waals surface area contributed by atoms with Gasteiger partial charge in [-0.25, -0.2) is 4.79 Å². The molecule has 2 heterocycles. The van der Waals surface area contributed by atoms with E-state index in [0.29, 0.717) is 0 Å². The lowest BCUT2D eigenvalue weighted by molar-refractivity contribution is -0.386. The molecule has 3 atom stereocenters. The van der Waals surface area contributed by atoms with Gasteiger partial charge in [0.1, 0.15) is 24.1 Å². The number of hydrogen-bond donors (Lipinski definition) is 2. The number of methoxy groups -OCH3 is 1. The average Bonchev–Trinajstić information content (AvgIpc) is 2.75. The smallest absolute Gasteiger partial charge is 0.404 e. The Kier molecular flexibility index (Phi) is 3.77. The van der Waals surface area contributed by atoms with Crippen molar-refractivity contribution in [1.29, 1.82) is 0 Å². The molecular formula is C12H18N4O6. The summed E-state index contributed by atoms with van der Waals surface area (Å²) in [5.74, 6) is 0. The van der Waals surface area contributed by atoms with Crippen molar-refractivity contribution in [1.82, 2.24) is 15.1 Å². The zero-order chi connectivity index (χ0) is 18.8. The van der Waals surface area contributed by atoms with Crippen LogP contribution in [0.1, 0.15) is 28.8 Å². The molecule has 0 spiro atoms. The molecule has 122 valence electrons. The van der Waals surface area contributed by atoms with Gasteiger partial charge >= 0.3 is 11.8 Å². The fourth-order valence-corrected chi connectivity index (χ4v) is 2.53. The number of hydrogen-bond acceptors (Lipinski definition) is 6. The standard InChI is InChI=1S/C12H18N4O6/c1-15-11(8(5-13-15)16(19)20)9-4-3-7(14-12(17)18)10(21-2)6-22-9/h5,7,9-10,14H,3-4,6H2,1-2H3,(H,17,18)/i2D3. The van der Waals surface area contributed by atoms with E-state index in [9.17, 15) is 14.9 Å². The van der Waals surface area contributed by atoms with Gasteiger partial charge in [0.25, 0.3) is 0 Å². The number of ether oxygens (including phenoxy) is 2. The van der Waals surface area contributed by atoms with Gasteiger partial charge in [-0.15, -0.1) is 0 Å². The molecule has 0 aliphatic carbocycles. The van der Waals surface area contributed by atoms with E-state index >= 15 is 0 Å². The molecule has 2 rings (SSSR count). The van der Waals surface area contributed by atoms with Crippen LogP contribution < -0.4 is 5.32 Å². The summed E-state index contributed by atoms with van der Waals surface area (Å²) in [5, 5.41) is 26.1. The van der Waals surface area contributed by atoms with E-state index in [2.05, 4.69) is 10.4 Å². The Labute approximate surface area is 130 Å². The highest BCUT2D eigenvalue weighted by Crippen LogP contribution is 2.33. The molecule has 1 aliphatic heterocycles. The highest BCUT2D eigenvalue weighted by Gasteiger charge is 2.34. The normalized spacial score (nSPS) is 28.0. The van der Waals surface area contributed by atoms with Gasteiger partial charge in [-0.05, 0) is 12.8 Å². The first kappa shape index (κ1) is 12.4. The number of aromatic nitrogens is 2. The van der Waals surface area contributed by atoms with E-state index in [4.69, 9.17) is 18.7 Å². The molecule has 0 radical (unpaired) electrons. The van der Waals surface area contributed by atoms with Crippen molar-refractivity contribution in [2.24, 2.45) is 7.05 Å². The van der Waals surface area contributed by atoms with Crippen LogP contribution in [-0.4, -0.2) is 51.7 Å². The maximum atomic E-state index is 11.1. The summed E-state index contributed by atoms with van der Waals surface area (Å²) >= 11 is 0. The zero-order valence-electron chi connectivity index (χ0n) is 14.8. The largest absolute Gasteiger partial charge is 0.465 e. The molecule has 10 nitrogen and oxygen atoms in total. The molecule has 2 N–H and O–H groups in total. The summed E-state index contributed by atoms with van der Waals surface area (Å²) in [6, 6.07) is -0.824. The van der Waals surface area contributed by atoms with Crippen LogP contribution in [0.4, 0.5) is 10.5 Å². The maximum absolute atomic E-state index is 11.1. The Hall–Kier alpha value is -2.20. The molecule has 1 amide bonds. The third kappa shape index (κ3) is 3.34. The summed E-state index contributed by atoms with van der Waals surface area (Å²) in [6.07, 6.45) is -1.61. The zero-order valence-corrected chi connectivity index (χ0v) is 11.8. The van der Waals surface area contributed by atoms with Crippen LogP contribution in [-0.2, 0) is 16.5 Å². The first-order valence-electron chi connectivity index (χ1n) is 8.03. The van der Waals surface area contributed by atoms with E-state index in [1.807, 2.05) is 0 Å². The van der Waals surface area contributed by atoms with Crippen LogP contribution in [0, 0.1) is 10.1 Å². The Balaban J connectivity index is 2.23. The van der Waals surface area contributed by atoms with E-state index in [-0.39, 0.29) is 30.8 Å². The van der Waals surface area contributed by atoms with Crippen LogP contribution in [0.25, 0.3) is 0 Å². The first-order valence-corrected chi connectivity index (χ1v) is 6.53. The molecule has 10 heteroatoms. The minimum absolute atomic E-state index is 0.181. The lowest BCUT2D eigenvalue weighted by atomic mass is 10.0. The number of nitro groups is 1. The summed E-state index contributed by atoms with van der Waals surface area (Å²) in [6.45, 7) is -0.240. The molecule has 1 aromatic rings. The highest BCUT2D eigenvalue weighted by molar-refractivity contribution is 5.64. The number of amides is 1. The van der Waals surface area contributed by atoms with E-state index in [0.717, 1.165) is 6.20 Å². The third-order valence-corrected chi connectivity index (χ3v) is 3.58. The Morgan fingerprint density at radius 3 is 3.14 bits per heavy atom. The van der Waals surface area contributed by atoms with Crippen molar-refractivity contribution < 1.29 is 28.4 Å². The SMILES string of the molecule is [2H]C([2H])([2H])OC1COC(c2c([N+](=O)[O-])cnn2C)CCC1NC(=O)O. The lowest BCUT2D eigenvalue weighted by Crippen LogP contribution is -2.44. The van der Waals surface area contributed by atoms with Crippen LogP contribution in [0.15, 0.2) is 6.20 Å². The number of nitrogens with zero attached hydrogens (tertiary/aromatic N) is 3. The molecule has 1 fully saturated rings. The molecule has 0 saturated carbocycles. The number of nitrogens with one attached hydrogen (secondary N) is 1. The van der Waals surface area contributed by atoms with Gasteiger partial charge in [-0.1, -0.05) is 0 Å². The predicted octanol–water partition coefficient (Wildman–Crippen LogP) is 0.831. The van der Waals surface area contributed by atoms with Crippen molar-refractivity contribution in [3.8, 4) is 0 Å². The molecule has 3 unspecified atom stereocenters. The molecule has 1 aromatic heterocycles. The average molecular weight is 317 g/mol. The van der Waals surface area contributed by atoms with Crippen molar-refractivity contribution >= 4 is 11.8 Å². The van der Waals surface area contributed by atoms with Crippen LogP contribution in [0.3, 0.4) is 0 Å². The van der Waals surface area contributed by atoms with Crippen LogP contribution >= 0.6 is 0 Å². The number of carboxylic acid groups (broad SMARTS) is 1. The lowest BCUT2D eigenvalue weighted by Gasteiger charge is -2.22. The maximum Gasteiger partial charge on any atom is 0.404 e. The minimum atomic E-state index is -2.73.